The Labute approximate surface area is 159 Å². The van der Waals surface area contributed by atoms with Gasteiger partial charge in [0.15, 0.2) is 11.6 Å². The van der Waals surface area contributed by atoms with Gasteiger partial charge in [-0.1, -0.05) is 6.07 Å². The average molecular weight is 380 g/mol. The summed E-state index contributed by atoms with van der Waals surface area (Å²) in [6.45, 7) is 0. The zero-order valence-electron chi connectivity index (χ0n) is 14.7. The van der Waals surface area contributed by atoms with E-state index in [9.17, 15) is 9.18 Å². The van der Waals surface area contributed by atoms with Crippen LogP contribution in [0.15, 0.2) is 42.9 Å². The lowest BCUT2D eigenvalue weighted by Crippen LogP contribution is -2.21. The number of aromatic nitrogens is 4. The van der Waals surface area contributed by atoms with Crippen molar-refractivity contribution in [1.82, 2.24) is 19.9 Å². The van der Waals surface area contributed by atoms with Gasteiger partial charge in [0.2, 0.25) is 0 Å². The number of ether oxygens (including phenoxy) is 1. The van der Waals surface area contributed by atoms with Gasteiger partial charge in [0.05, 0.1) is 18.1 Å². The zero-order chi connectivity index (χ0) is 19.7. The highest BCUT2D eigenvalue weighted by Gasteiger charge is 2.33. The van der Waals surface area contributed by atoms with Gasteiger partial charge in [-0.15, -0.1) is 0 Å². The molecule has 3 aromatic rings. The highest BCUT2D eigenvalue weighted by Crippen LogP contribution is 2.47. The fourth-order valence-electron chi connectivity index (χ4n) is 3.17. The first-order valence-corrected chi connectivity index (χ1v) is 8.67. The van der Waals surface area contributed by atoms with Crippen LogP contribution >= 0.6 is 0 Å². The van der Waals surface area contributed by atoms with Crippen molar-refractivity contribution < 1.29 is 13.9 Å². The van der Waals surface area contributed by atoms with Crippen molar-refractivity contribution in [2.45, 2.75) is 24.7 Å². The number of halogens is 1. The third-order valence-corrected chi connectivity index (χ3v) is 4.76. The summed E-state index contributed by atoms with van der Waals surface area (Å²) in [6.07, 6.45) is 6.28. The van der Waals surface area contributed by atoms with Crippen molar-refractivity contribution in [1.29, 1.82) is 0 Å². The van der Waals surface area contributed by atoms with E-state index in [-0.39, 0.29) is 23.4 Å². The first kappa shape index (κ1) is 17.8. The smallest absolute Gasteiger partial charge is 0.322 e. The Morgan fingerprint density at radius 3 is 2.61 bits per heavy atom. The number of amides is 1. The predicted molar refractivity (Wildman–Crippen MR) is 98.2 cm³/mol. The fraction of sp³-hybridized carbons (Fsp3) is 0.211. The van der Waals surface area contributed by atoms with Crippen molar-refractivity contribution in [3.05, 3.63) is 65.6 Å². The minimum absolute atomic E-state index is 0.00620. The highest BCUT2D eigenvalue weighted by atomic mass is 19.1. The lowest BCUT2D eigenvalue weighted by atomic mass is 9.70. The molecule has 1 aromatic carbocycles. The highest BCUT2D eigenvalue weighted by molar-refractivity contribution is 5.90. The quantitative estimate of drug-likeness (QED) is 0.695. The van der Waals surface area contributed by atoms with Crippen LogP contribution < -0.4 is 16.2 Å². The van der Waals surface area contributed by atoms with Crippen LogP contribution in [0.1, 0.15) is 46.4 Å². The SMILES string of the molecule is NC(=O)c1ccnc(Oc2ccc(C3CC(c4cnc(N)cn4)C3)cc2F)n1. The van der Waals surface area contributed by atoms with E-state index in [1.165, 1.54) is 24.4 Å². The molecule has 1 aliphatic carbocycles. The number of primary amides is 1. The van der Waals surface area contributed by atoms with E-state index < -0.39 is 11.7 Å². The summed E-state index contributed by atoms with van der Waals surface area (Å²) in [5.74, 6) is -0.340. The zero-order valence-corrected chi connectivity index (χ0v) is 14.7. The number of carbonyl (C=O) groups is 1. The van der Waals surface area contributed by atoms with Crippen molar-refractivity contribution in [2.75, 3.05) is 5.73 Å². The third kappa shape index (κ3) is 3.59. The number of rotatable bonds is 5. The molecule has 0 aliphatic heterocycles. The topological polar surface area (TPSA) is 130 Å². The van der Waals surface area contributed by atoms with Crippen LogP contribution in [0.3, 0.4) is 0 Å². The van der Waals surface area contributed by atoms with Crippen molar-refractivity contribution in [3.8, 4) is 11.8 Å². The molecule has 142 valence electrons. The van der Waals surface area contributed by atoms with E-state index >= 15 is 0 Å². The van der Waals surface area contributed by atoms with Crippen LogP contribution in [0.25, 0.3) is 0 Å². The van der Waals surface area contributed by atoms with Gasteiger partial charge < -0.3 is 16.2 Å². The number of anilines is 1. The van der Waals surface area contributed by atoms with Gasteiger partial charge in [0.1, 0.15) is 11.5 Å². The molecule has 1 fully saturated rings. The van der Waals surface area contributed by atoms with Gasteiger partial charge in [0, 0.05) is 12.1 Å². The molecular formula is C19H17FN6O2. The van der Waals surface area contributed by atoms with E-state index in [1.54, 1.807) is 12.4 Å². The molecule has 1 saturated carbocycles. The van der Waals surface area contributed by atoms with E-state index in [1.807, 2.05) is 6.07 Å². The van der Waals surface area contributed by atoms with Crippen LogP contribution in [0.4, 0.5) is 10.2 Å². The second-order valence-electron chi connectivity index (χ2n) is 6.61. The molecule has 0 unspecified atom stereocenters. The Morgan fingerprint density at radius 1 is 1.11 bits per heavy atom. The van der Waals surface area contributed by atoms with Crippen molar-refractivity contribution >= 4 is 11.7 Å². The number of carbonyl (C=O) groups excluding carboxylic acids is 1. The molecule has 28 heavy (non-hydrogen) atoms. The molecule has 1 aliphatic rings. The van der Waals surface area contributed by atoms with Crippen molar-refractivity contribution in [3.63, 3.8) is 0 Å². The van der Waals surface area contributed by atoms with Gasteiger partial charge in [-0.05, 0) is 42.5 Å². The van der Waals surface area contributed by atoms with Crippen LogP contribution in [-0.4, -0.2) is 25.8 Å². The molecule has 0 saturated heterocycles. The van der Waals surface area contributed by atoms with Crippen LogP contribution in [0.2, 0.25) is 0 Å². The number of hydrogen-bond acceptors (Lipinski definition) is 7. The Kier molecular flexibility index (Phi) is 4.56. The number of nitrogens with two attached hydrogens (primary N) is 2. The largest absolute Gasteiger partial charge is 0.421 e. The second kappa shape index (κ2) is 7.18. The van der Waals surface area contributed by atoms with Gasteiger partial charge in [-0.2, -0.15) is 4.98 Å². The molecule has 2 aromatic heterocycles. The molecule has 0 spiro atoms. The van der Waals surface area contributed by atoms with E-state index in [0.717, 1.165) is 24.1 Å². The third-order valence-electron chi connectivity index (χ3n) is 4.76. The summed E-state index contributed by atoms with van der Waals surface area (Å²) in [5, 5.41) is 0. The maximum absolute atomic E-state index is 14.5. The fourth-order valence-corrected chi connectivity index (χ4v) is 3.17. The first-order valence-electron chi connectivity index (χ1n) is 8.67. The number of nitrogens with zero attached hydrogens (tertiary/aromatic N) is 4. The molecule has 9 heteroatoms. The monoisotopic (exact) mass is 380 g/mol. The van der Waals surface area contributed by atoms with Crippen LogP contribution in [0, 0.1) is 5.82 Å². The molecule has 8 nitrogen and oxygen atoms in total. The number of benzene rings is 1. The molecular weight excluding hydrogens is 363 g/mol. The molecule has 0 radical (unpaired) electrons. The molecule has 0 atom stereocenters. The van der Waals surface area contributed by atoms with E-state index in [0.29, 0.717) is 11.7 Å². The first-order chi connectivity index (χ1) is 13.5. The Bertz CT molecular complexity index is 1020. The minimum Gasteiger partial charge on any atom is -0.421 e. The Hall–Kier alpha value is -3.62. The lowest BCUT2D eigenvalue weighted by molar-refractivity contribution is 0.0994. The summed E-state index contributed by atoms with van der Waals surface area (Å²) in [7, 11) is 0. The standard InChI is InChI=1S/C19H17FN6O2/c20-13-7-10(11-5-12(6-11)15-8-25-17(21)9-24-15)1-2-16(13)28-19-23-4-3-14(26-19)18(22)27/h1-4,7-9,11-12H,5-6H2,(H2,21,25)(H2,22,27). The Morgan fingerprint density at radius 2 is 1.93 bits per heavy atom. The normalized spacial score (nSPS) is 18.3. The number of nitrogen functional groups attached to an aromatic ring is 1. The average Bonchev–Trinajstić information content (AvgIpc) is 2.64. The molecule has 2 heterocycles. The van der Waals surface area contributed by atoms with Gasteiger partial charge in [-0.3, -0.25) is 9.78 Å². The van der Waals surface area contributed by atoms with Gasteiger partial charge >= 0.3 is 6.01 Å². The molecule has 4 N–H and O–H groups in total. The second-order valence-corrected chi connectivity index (χ2v) is 6.61. The number of hydrogen-bond donors (Lipinski definition) is 2. The van der Waals surface area contributed by atoms with Crippen LogP contribution in [0.5, 0.6) is 11.8 Å². The summed E-state index contributed by atoms with van der Waals surface area (Å²) in [6, 6.07) is 6.00. The molecule has 4 rings (SSSR count). The minimum atomic E-state index is -0.714. The molecule has 1 amide bonds. The van der Waals surface area contributed by atoms with Crippen LogP contribution in [-0.2, 0) is 0 Å². The summed E-state index contributed by atoms with van der Waals surface area (Å²) in [4.78, 5) is 27.2. The van der Waals surface area contributed by atoms with Gasteiger partial charge in [-0.25, -0.2) is 14.4 Å². The van der Waals surface area contributed by atoms with Gasteiger partial charge in [0.25, 0.3) is 5.91 Å². The summed E-state index contributed by atoms with van der Waals surface area (Å²) in [5.41, 5.74) is 12.5. The lowest BCUT2D eigenvalue weighted by Gasteiger charge is -2.35. The summed E-state index contributed by atoms with van der Waals surface area (Å²) < 4.78 is 19.8. The van der Waals surface area contributed by atoms with Crippen molar-refractivity contribution in [2.24, 2.45) is 5.73 Å². The maximum Gasteiger partial charge on any atom is 0.322 e. The predicted octanol–water partition coefficient (Wildman–Crippen LogP) is 2.54. The maximum atomic E-state index is 14.5. The Balaban J connectivity index is 1.43. The summed E-state index contributed by atoms with van der Waals surface area (Å²) >= 11 is 0. The van der Waals surface area contributed by atoms with E-state index in [4.69, 9.17) is 16.2 Å². The molecule has 0 bridgehead atoms. The van der Waals surface area contributed by atoms with E-state index in [2.05, 4.69) is 19.9 Å².